The number of hydrogen-bond acceptors (Lipinski definition) is 1. The van der Waals surface area contributed by atoms with Crippen molar-refractivity contribution in [1.82, 2.24) is 4.90 Å². The third kappa shape index (κ3) is 2.82. The average Bonchev–Trinajstić information content (AvgIpc) is 2.03. The summed E-state index contributed by atoms with van der Waals surface area (Å²) in [5, 5.41) is 0. The van der Waals surface area contributed by atoms with Crippen molar-refractivity contribution in [3.63, 3.8) is 0 Å². The third-order valence-corrected chi connectivity index (χ3v) is 2.81. The fraction of sp³-hybridized carbons (Fsp3) is 1.00. The lowest BCUT2D eigenvalue weighted by atomic mass is 9.98. The summed E-state index contributed by atoms with van der Waals surface area (Å²) in [4.78, 5) is 2.54. The summed E-state index contributed by atoms with van der Waals surface area (Å²) >= 11 is 0. The van der Waals surface area contributed by atoms with Gasteiger partial charge in [-0.15, -0.1) is 0 Å². The standard InChI is InChI=1S/C10H21N/c1-3-4-7-10-8-5-6-9-11(10)2/h10H,3-9H2,1-2H3. The zero-order valence-electron chi connectivity index (χ0n) is 7.97. The Morgan fingerprint density at radius 3 is 2.82 bits per heavy atom. The van der Waals surface area contributed by atoms with Crippen molar-refractivity contribution in [2.24, 2.45) is 0 Å². The van der Waals surface area contributed by atoms with Gasteiger partial charge in [-0.1, -0.05) is 26.2 Å². The van der Waals surface area contributed by atoms with Crippen LogP contribution in [0.1, 0.15) is 45.4 Å². The van der Waals surface area contributed by atoms with Gasteiger partial charge in [0.05, 0.1) is 0 Å². The zero-order valence-corrected chi connectivity index (χ0v) is 7.97. The molecule has 1 aliphatic heterocycles. The van der Waals surface area contributed by atoms with Gasteiger partial charge in [0, 0.05) is 6.04 Å². The Balaban J connectivity index is 2.18. The molecule has 0 aromatic rings. The first-order valence-electron chi connectivity index (χ1n) is 5.05. The Morgan fingerprint density at radius 2 is 2.18 bits per heavy atom. The van der Waals surface area contributed by atoms with Crippen molar-refractivity contribution >= 4 is 0 Å². The number of rotatable bonds is 3. The van der Waals surface area contributed by atoms with Crippen molar-refractivity contribution in [3.05, 3.63) is 0 Å². The van der Waals surface area contributed by atoms with E-state index in [1.807, 2.05) is 0 Å². The maximum absolute atomic E-state index is 2.54. The van der Waals surface area contributed by atoms with Crippen molar-refractivity contribution in [3.8, 4) is 0 Å². The molecule has 0 aromatic carbocycles. The first-order chi connectivity index (χ1) is 5.34. The van der Waals surface area contributed by atoms with Gasteiger partial charge in [-0.3, -0.25) is 0 Å². The van der Waals surface area contributed by atoms with E-state index in [2.05, 4.69) is 18.9 Å². The molecule has 0 aromatic heterocycles. The van der Waals surface area contributed by atoms with Crippen LogP contribution in [-0.2, 0) is 0 Å². The summed E-state index contributed by atoms with van der Waals surface area (Å²) in [7, 11) is 2.28. The molecule has 66 valence electrons. The maximum Gasteiger partial charge on any atom is 0.00922 e. The van der Waals surface area contributed by atoms with Crippen LogP contribution < -0.4 is 0 Å². The molecule has 0 amide bonds. The van der Waals surface area contributed by atoms with Crippen molar-refractivity contribution in [1.29, 1.82) is 0 Å². The molecule has 0 bridgehead atoms. The fourth-order valence-corrected chi connectivity index (χ4v) is 1.95. The van der Waals surface area contributed by atoms with Crippen molar-refractivity contribution < 1.29 is 0 Å². The second kappa shape index (κ2) is 4.76. The average molecular weight is 155 g/mol. The van der Waals surface area contributed by atoms with Crippen LogP contribution in [-0.4, -0.2) is 24.5 Å². The molecule has 0 N–H and O–H groups in total. The van der Waals surface area contributed by atoms with Crippen LogP contribution in [0.25, 0.3) is 0 Å². The van der Waals surface area contributed by atoms with Gasteiger partial charge in [-0.25, -0.2) is 0 Å². The lowest BCUT2D eigenvalue weighted by molar-refractivity contribution is 0.173. The van der Waals surface area contributed by atoms with Crippen LogP contribution in [0.5, 0.6) is 0 Å². The summed E-state index contributed by atoms with van der Waals surface area (Å²) in [5.74, 6) is 0. The van der Waals surface area contributed by atoms with E-state index >= 15 is 0 Å². The highest BCUT2D eigenvalue weighted by Crippen LogP contribution is 2.19. The first kappa shape index (κ1) is 9.05. The van der Waals surface area contributed by atoms with Crippen molar-refractivity contribution in [2.75, 3.05) is 13.6 Å². The Hall–Kier alpha value is -0.0400. The summed E-state index contributed by atoms with van der Waals surface area (Å²) in [6.45, 7) is 3.61. The van der Waals surface area contributed by atoms with Gasteiger partial charge in [0.1, 0.15) is 0 Å². The second-order valence-electron chi connectivity index (χ2n) is 3.77. The first-order valence-corrected chi connectivity index (χ1v) is 5.05. The van der Waals surface area contributed by atoms with Gasteiger partial charge in [0.15, 0.2) is 0 Å². The molecule has 0 spiro atoms. The molecule has 1 atom stereocenters. The Kier molecular flexibility index (Phi) is 3.92. The van der Waals surface area contributed by atoms with E-state index in [1.165, 1.54) is 45.1 Å². The van der Waals surface area contributed by atoms with Gasteiger partial charge in [0.2, 0.25) is 0 Å². The van der Waals surface area contributed by atoms with E-state index in [0.717, 1.165) is 6.04 Å². The Bertz CT molecular complexity index is 101. The van der Waals surface area contributed by atoms with Gasteiger partial charge >= 0.3 is 0 Å². The molecule has 1 nitrogen and oxygen atoms in total. The Labute approximate surface area is 70.8 Å². The van der Waals surface area contributed by atoms with Gasteiger partial charge in [0.25, 0.3) is 0 Å². The minimum Gasteiger partial charge on any atom is -0.303 e. The van der Waals surface area contributed by atoms with E-state index in [9.17, 15) is 0 Å². The maximum atomic E-state index is 2.54. The molecule has 1 fully saturated rings. The number of likely N-dealkylation sites (tertiary alicyclic amines) is 1. The number of nitrogens with zero attached hydrogens (tertiary/aromatic N) is 1. The molecular formula is C10H21N. The Morgan fingerprint density at radius 1 is 1.36 bits per heavy atom. The molecule has 0 radical (unpaired) electrons. The van der Waals surface area contributed by atoms with Gasteiger partial charge in [-0.2, -0.15) is 0 Å². The fourth-order valence-electron chi connectivity index (χ4n) is 1.95. The van der Waals surface area contributed by atoms with Gasteiger partial charge < -0.3 is 4.90 Å². The highest BCUT2D eigenvalue weighted by Gasteiger charge is 2.17. The molecule has 1 heteroatoms. The molecule has 1 aliphatic rings. The minimum absolute atomic E-state index is 0.906. The summed E-state index contributed by atoms with van der Waals surface area (Å²) in [5.41, 5.74) is 0. The highest BCUT2D eigenvalue weighted by atomic mass is 15.1. The largest absolute Gasteiger partial charge is 0.303 e. The van der Waals surface area contributed by atoms with Crippen LogP contribution in [0.2, 0.25) is 0 Å². The van der Waals surface area contributed by atoms with E-state index in [1.54, 1.807) is 0 Å². The predicted octanol–water partition coefficient (Wildman–Crippen LogP) is 2.66. The quantitative estimate of drug-likeness (QED) is 0.605. The van der Waals surface area contributed by atoms with Crippen LogP contribution in [0.4, 0.5) is 0 Å². The van der Waals surface area contributed by atoms with E-state index in [0.29, 0.717) is 0 Å². The van der Waals surface area contributed by atoms with Crippen molar-refractivity contribution in [2.45, 2.75) is 51.5 Å². The lowest BCUT2D eigenvalue weighted by Gasteiger charge is -2.32. The van der Waals surface area contributed by atoms with Crippen LogP contribution in [0.3, 0.4) is 0 Å². The molecule has 11 heavy (non-hydrogen) atoms. The third-order valence-electron chi connectivity index (χ3n) is 2.81. The number of piperidine rings is 1. The monoisotopic (exact) mass is 155 g/mol. The number of unbranched alkanes of at least 4 members (excludes halogenated alkanes) is 1. The smallest absolute Gasteiger partial charge is 0.00922 e. The minimum atomic E-state index is 0.906. The molecule has 1 rings (SSSR count). The molecule has 1 heterocycles. The summed E-state index contributed by atoms with van der Waals surface area (Å²) in [6.07, 6.45) is 8.50. The van der Waals surface area contributed by atoms with E-state index in [4.69, 9.17) is 0 Å². The van der Waals surface area contributed by atoms with E-state index < -0.39 is 0 Å². The highest BCUT2D eigenvalue weighted by molar-refractivity contribution is 4.73. The summed E-state index contributed by atoms with van der Waals surface area (Å²) in [6, 6.07) is 0.906. The zero-order chi connectivity index (χ0) is 8.10. The van der Waals surface area contributed by atoms with Gasteiger partial charge in [-0.05, 0) is 32.9 Å². The molecule has 1 unspecified atom stereocenters. The molecule has 1 saturated heterocycles. The normalized spacial score (nSPS) is 27.3. The SMILES string of the molecule is CCCCC1CCCCN1C. The summed E-state index contributed by atoms with van der Waals surface area (Å²) < 4.78 is 0. The van der Waals surface area contributed by atoms with E-state index in [-0.39, 0.29) is 0 Å². The molecule has 0 aliphatic carbocycles. The van der Waals surface area contributed by atoms with Crippen LogP contribution in [0.15, 0.2) is 0 Å². The van der Waals surface area contributed by atoms with Crippen LogP contribution >= 0.6 is 0 Å². The second-order valence-corrected chi connectivity index (χ2v) is 3.77. The predicted molar refractivity (Wildman–Crippen MR) is 49.8 cm³/mol. The molecule has 0 saturated carbocycles. The molecular weight excluding hydrogens is 134 g/mol. The topological polar surface area (TPSA) is 3.24 Å². The number of hydrogen-bond donors (Lipinski definition) is 0. The van der Waals surface area contributed by atoms with Crippen LogP contribution in [0, 0.1) is 0 Å². The lowest BCUT2D eigenvalue weighted by Crippen LogP contribution is -2.35.